The average molecular weight is 270 g/mol. The van der Waals surface area contributed by atoms with Crippen molar-refractivity contribution in [1.82, 2.24) is 20.9 Å². The minimum absolute atomic E-state index is 0.0276. The maximum atomic E-state index is 11.8. The summed E-state index contributed by atoms with van der Waals surface area (Å²) in [5, 5.41) is 8.17. The molecule has 0 aromatic rings. The van der Waals surface area contributed by atoms with Gasteiger partial charge in [0.15, 0.2) is 0 Å². The second-order valence-electron chi connectivity index (χ2n) is 5.35. The van der Waals surface area contributed by atoms with Crippen molar-refractivity contribution in [3.63, 3.8) is 0 Å². The fourth-order valence-electron chi connectivity index (χ4n) is 2.38. The van der Waals surface area contributed by atoms with Crippen LogP contribution in [0.3, 0.4) is 0 Å². The molecule has 0 spiro atoms. The van der Waals surface area contributed by atoms with Crippen LogP contribution in [0.25, 0.3) is 0 Å². The number of nitrogens with zero attached hydrogens (tertiary/aromatic N) is 1. The maximum absolute atomic E-state index is 11.8. The Hall–Kier alpha value is -1.14. The smallest absolute Gasteiger partial charge is 0.321 e. The molecule has 0 aromatic carbocycles. The van der Waals surface area contributed by atoms with Gasteiger partial charge in [-0.2, -0.15) is 0 Å². The van der Waals surface area contributed by atoms with Crippen molar-refractivity contribution in [3.8, 4) is 0 Å². The second kappa shape index (κ2) is 8.12. The van der Waals surface area contributed by atoms with Crippen molar-refractivity contribution in [2.24, 2.45) is 0 Å². The molecule has 1 aliphatic heterocycles. The van der Waals surface area contributed by atoms with Gasteiger partial charge in [-0.25, -0.2) is 4.79 Å². The Labute approximate surface area is 115 Å². The summed E-state index contributed by atoms with van der Waals surface area (Å²) in [6.45, 7) is 5.81. The predicted octanol–water partition coefficient (Wildman–Crippen LogP) is 0.295. The molecule has 1 unspecified atom stereocenters. The van der Waals surface area contributed by atoms with E-state index in [-0.39, 0.29) is 18.5 Å². The van der Waals surface area contributed by atoms with E-state index in [0.29, 0.717) is 6.04 Å². The van der Waals surface area contributed by atoms with Crippen molar-refractivity contribution in [3.05, 3.63) is 0 Å². The van der Waals surface area contributed by atoms with Gasteiger partial charge in [-0.15, -0.1) is 0 Å². The highest BCUT2D eigenvalue weighted by Gasteiger charge is 2.24. The number of nitrogens with one attached hydrogen (secondary N) is 3. The van der Waals surface area contributed by atoms with E-state index in [4.69, 9.17) is 0 Å². The lowest BCUT2D eigenvalue weighted by Gasteiger charge is -2.35. The highest BCUT2D eigenvalue weighted by molar-refractivity contribution is 5.95. The van der Waals surface area contributed by atoms with Crippen LogP contribution in [-0.2, 0) is 4.79 Å². The fourth-order valence-corrected chi connectivity index (χ4v) is 2.38. The summed E-state index contributed by atoms with van der Waals surface area (Å²) in [7, 11) is 1.92. The van der Waals surface area contributed by atoms with Gasteiger partial charge in [-0.3, -0.25) is 15.0 Å². The summed E-state index contributed by atoms with van der Waals surface area (Å²) in [6, 6.07) is -0.000313. The third-order valence-electron chi connectivity index (χ3n) is 3.21. The Kier molecular flexibility index (Phi) is 6.80. The third kappa shape index (κ3) is 6.02. The molecule has 3 N–H and O–H groups in total. The molecule has 1 heterocycles. The molecule has 1 aliphatic rings. The van der Waals surface area contributed by atoms with Crippen molar-refractivity contribution in [2.75, 3.05) is 26.7 Å². The van der Waals surface area contributed by atoms with Gasteiger partial charge in [0, 0.05) is 18.6 Å². The molecule has 1 atom stereocenters. The van der Waals surface area contributed by atoms with E-state index in [1.807, 2.05) is 20.9 Å². The number of carbonyl (C=O) groups is 2. The topological polar surface area (TPSA) is 73.5 Å². The number of carbonyl (C=O) groups excluding carboxylic acids is 2. The number of hydrogen-bond acceptors (Lipinski definition) is 4. The standard InChI is InChI=1S/C13H26N4O2/c1-10(2)15-13(19)16-12(18)9-17-7-5-4-6-11(17)8-14-3/h10-11,14H,4-9H2,1-3H3,(H2,15,16,18,19). The van der Waals surface area contributed by atoms with Gasteiger partial charge in [0.25, 0.3) is 0 Å². The molecule has 0 aliphatic carbocycles. The van der Waals surface area contributed by atoms with E-state index in [1.54, 1.807) is 0 Å². The minimum Gasteiger partial charge on any atom is -0.336 e. The molecule has 0 aromatic heterocycles. The highest BCUT2D eigenvalue weighted by Crippen LogP contribution is 2.15. The maximum Gasteiger partial charge on any atom is 0.321 e. The van der Waals surface area contributed by atoms with Gasteiger partial charge < -0.3 is 10.6 Å². The van der Waals surface area contributed by atoms with Crippen LogP contribution in [-0.4, -0.2) is 55.6 Å². The normalized spacial score (nSPS) is 20.3. The largest absolute Gasteiger partial charge is 0.336 e. The summed E-state index contributed by atoms with van der Waals surface area (Å²) < 4.78 is 0. The third-order valence-corrected chi connectivity index (χ3v) is 3.21. The van der Waals surface area contributed by atoms with E-state index < -0.39 is 6.03 Å². The number of amides is 3. The predicted molar refractivity (Wildman–Crippen MR) is 74.9 cm³/mol. The van der Waals surface area contributed by atoms with Gasteiger partial charge in [-0.1, -0.05) is 6.42 Å². The average Bonchev–Trinajstić information content (AvgIpc) is 2.30. The van der Waals surface area contributed by atoms with E-state index >= 15 is 0 Å². The summed E-state index contributed by atoms with van der Waals surface area (Å²) in [6.07, 6.45) is 3.43. The zero-order chi connectivity index (χ0) is 14.3. The highest BCUT2D eigenvalue weighted by atomic mass is 16.2. The van der Waals surface area contributed by atoms with Crippen LogP contribution >= 0.6 is 0 Å². The van der Waals surface area contributed by atoms with Gasteiger partial charge in [0.2, 0.25) is 5.91 Å². The molecule has 19 heavy (non-hydrogen) atoms. The second-order valence-corrected chi connectivity index (χ2v) is 5.35. The molecule has 0 saturated carbocycles. The van der Waals surface area contributed by atoms with Gasteiger partial charge >= 0.3 is 6.03 Å². The lowest BCUT2D eigenvalue weighted by molar-refractivity contribution is -0.122. The van der Waals surface area contributed by atoms with Crippen LogP contribution in [0.4, 0.5) is 4.79 Å². The van der Waals surface area contributed by atoms with Crippen molar-refractivity contribution >= 4 is 11.9 Å². The fraction of sp³-hybridized carbons (Fsp3) is 0.846. The van der Waals surface area contributed by atoms with Crippen LogP contribution in [0.2, 0.25) is 0 Å². The lowest BCUT2D eigenvalue weighted by Crippen LogP contribution is -2.51. The quantitative estimate of drug-likeness (QED) is 0.671. The molecule has 3 amide bonds. The number of urea groups is 1. The summed E-state index contributed by atoms with van der Waals surface area (Å²) in [5.74, 6) is -0.235. The summed E-state index contributed by atoms with van der Waals surface area (Å²) in [5.41, 5.74) is 0. The van der Waals surface area contributed by atoms with Crippen LogP contribution in [0, 0.1) is 0 Å². The lowest BCUT2D eigenvalue weighted by atomic mass is 10.0. The molecule has 0 radical (unpaired) electrons. The SMILES string of the molecule is CNCC1CCCCN1CC(=O)NC(=O)NC(C)C. The molecule has 1 rings (SSSR count). The van der Waals surface area contributed by atoms with E-state index in [9.17, 15) is 9.59 Å². The molecular weight excluding hydrogens is 244 g/mol. The Morgan fingerprint density at radius 2 is 2.05 bits per heavy atom. The first-order chi connectivity index (χ1) is 9.02. The molecule has 0 bridgehead atoms. The monoisotopic (exact) mass is 270 g/mol. The minimum atomic E-state index is -0.415. The Balaban J connectivity index is 2.39. The summed E-state index contributed by atoms with van der Waals surface area (Å²) >= 11 is 0. The van der Waals surface area contributed by atoms with E-state index in [1.165, 1.54) is 6.42 Å². The zero-order valence-electron chi connectivity index (χ0n) is 12.2. The number of piperidine rings is 1. The molecule has 1 fully saturated rings. The number of likely N-dealkylation sites (N-methyl/N-ethyl adjacent to an activating group) is 1. The number of likely N-dealkylation sites (tertiary alicyclic amines) is 1. The number of imide groups is 1. The van der Waals surface area contributed by atoms with E-state index in [0.717, 1.165) is 25.9 Å². The molecule has 1 saturated heterocycles. The number of rotatable bonds is 5. The molecule has 6 heteroatoms. The van der Waals surface area contributed by atoms with Crippen LogP contribution in [0.1, 0.15) is 33.1 Å². The Bertz CT molecular complexity index is 305. The Morgan fingerprint density at radius 1 is 1.32 bits per heavy atom. The van der Waals surface area contributed by atoms with Crippen LogP contribution in [0.5, 0.6) is 0 Å². The van der Waals surface area contributed by atoms with E-state index in [2.05, 4.69) is 20.9 Å². The van der Waals surface area contributed by atoms with Crippen LogP contribution < -0.4 is 16.0 Å². The van der Waals surface area contributed by atoms with Crippen molar-refractivity contribution < 1.29 is 9.59 Å². The first kappa shape index (κ1) is 15.9. The molecule has 110 valence electrons. The Morgan fingerprint density at radius 3 is 2.68 bits per heavy atom. The van der Waals surface area contributed by atoms with Crippen molar-refractivity contribution in [2.45, 2.75) is 45.2 Å². The molecule has 6 nitrogen and oxygen atoms in total. The first-order valence-electron chi connectivity index (χ1n) is 7.02. The summed E-state index contributed by atoms with van der Waals surface area (Å²) in [4.78, 5) is 25.4. The number of hydrogen-bond donors (Lipinski definition) is 3. The zero-order valence-corrected chi connectivity index (χ0v) is 12.2. The van der Waals surface area contributed by atoms with Gasteiger partial charge in [0.05, 0.1) is 6.54 Å². The van der Waals surface area contributed by atoms with Crippen molar-refractivity contribution in [1.29, 1.82) is 0 Å². The van der Waals surface area contributed by atoms with Gasteiger partial charge in [-0.05, 0) is 40.3 Å². The first-order valence-corrected chi connectivity index (χ1v) is 7.02. The molecular formula is C13H26N4O2. The van der Waals surface area contributed by atoms with Gasteiger partial charge in [0.1, 0.15) is 0 Å². The van der Waals surface area contributed by atoms with Crippen LogP contribution in [0.15, 0.2) is 0 Å².